The fourth-order valence-electron chi connectivity index (χ4n) is 2.29. The van der Waals surface area contributed by atoms with Gasteiger partial charge in [-0.05, 0) is 36.0 Å². The molecule has 3 nitrogen and oxygen atoms in total. The number of fused-ring (bicyclic) bond motifs is 1. The number of nitrogens with zero attached hydrogens (tertiary/aromatic N) is 1. The summed E-state index contributed by atoms with van der Waals surface area (Å²) in [6.07, 6.45) is 2.27. The first-order valence-electron chi connectivity index (χ1n) is 6.21. The third kappa shape index (κ3) is 1.70. The van der Waals surface area contributed by atoms with E-state index in [1.54, 1.807) is 0 Å². The van der Waals surface area contributed by atoms with Gasteiger partial charge in [0, 0.05) is 6.04 Å². The highest BCUT2D eigenvalue weighted by Crippen LogP contribution is 2.36. The van der Waals surface area contributed by atoms with Crippen LogP contribution in [0.5, 0.6) is 0 Å². The monoisotopic (exact) mass is 230 g/mol. The Morgan fingerprint density at radius 1 is 1.29 bits per heavy atom. The average Bonchev–Trinajstić information content (AvgIpc) is 2.99. The van der Waals surface area contributed by atoms with Gasteiger partial charge < -0.3 is 4.98 Å². The number of H-pyrrole nitrogens is 1. The molecule has 0 amide bonds. The zero-order chi connectivity index (χ0) is 12.2. The minimum atomic E-state index is 0.0357. The van der Waals surface area contributed by atoms with Crippen molar-refractivity contribution in [2.24, 2.45) is 0 Å². The second kappa shape index (κ2) is 3.25. The summed E-state index contributed by atoms with van der Waals surface area (Å²) in [4.78, 5) is 14.9. The second-order valence-corrected chi connectivity index (χ2v) is 6.01. The van der Waals surface area contributed by atoms with Gasteiger partial charge in [0.25, 0.3) is 0 Å². The van der Waals surface area contributed by atoms with Gasteiger partial charge in [0.05, 0.1) is 11.0 Å². The normalized spacial score (nSPS) is 16.6. The fourth-order valence-corrected chi connectivity index (χ4v) is 2.29. The van der Waals surface area contributed by atoms with Crippen molar-refractivity contribution in [3.63, 3.8) is 0 Å². The van der Waals surface area contributed by atoms with Crippen LogP contribution in [0.1, 0.15) is 45.2 Å². The van der Waals surface area contributed by atoms with Gasteiger partial charge in [-0.3, -0.25) is 4.57 Å². The molecule has 1 aromatic heterocycles. The minimum Gasteiger partial charge on any atom is -0.306 e. The highest BCUT2D eigenvalue weighted by molar-refractivity contribution is 5.76. The van der Waals surface area contributed by atoms with E-state index in [2.05, 4.69) is 44.0 Å². The first-order chi connectivity index (χ1) is 7.97. The molecule has 1 heterocycles. The molecule has 0 bridgehead atoms. The van der Waals surface area contributed by atoms with E-state index in [9.17, 15) is 4.79 Å². The molecule has 1 aliphatic carbocycles. The smallest absolute Gasteiger partial charge is 0.306 e. The Bertz CT molecular complexity index is 624. The van der Waals surface area contributed by atoms with Crippen molar-refractivity contribution in [1.29, 1.82) is 0 Å². The van der Waals surface area contributed by atoms with Crippen LogP contribution in [0.2, 0.25) is 0 Å². The molecule has 17 heavy (non-hydrogen) atoms. The zero-order valence-electron chi connectivity index (χ0n) is 10.6. The van der Waals surface area contributed by atoms with Crippen LogP contribution in [0.4, 0.5) is 0 Å². The SMILES string of the molecule is CC(C)(C)c1ccc2c(c1)[nH]c(=O)n2C1CC1. The molecule has 1 fully saturated rings. The Labute approximate surface area is 100 Å². The van der Waals surface area contributed by atoms with Gasteiger partial charge in [0.2, 0.25) is 0 Å². The van der Waals surface area contributed by atoms with Crippen molar-refractivity contribution in [2.75, 3.05) is 0 Å². The molecular weight excluding hydrogens is 212 g/mol. The molecule has 1 aliphatic rings. The topological polar surface area (TPSA) is 37.8 Å². The summed E-state index contributed by atoms with van der Waals surface area (Å²) in [6.45, 7) is 6.55. The van der Waals surface area contributed by atoms with Gasteiger partial charge in [-0.15, -0.1) is 0 Å². The van der Waals surface area contributed by atoms with Gasteiger partial charge >= 0.3 is 5.69 Å². The summed E-state index contributed by atoms with van der Waals surface area (Å²) < 4.78 is 1.90. The van der Waals surface area contributed by atoms with E-state index in [4.69, 9.17) is 0 Å². The van der Waals surface area contributed by atoms with Crippen molar-refractivity contribution in [1.82, 2.24) is 9.55 Å². The van der Waals surface area contributed by atoms with Gasteiger partial charge in [0.15, 0.2) is 0 Å². The molecule has 1 aromatic carbocycles. The summed E-state index contributed by atoms with van der Waals surface area (Å²) >= 11 is 0. The van der Waals surface area contributed by atoms with Gasteiger partial charge in [-0.1, -0.05) is 26.8 Å². The lowest BCUT2D eigenvalue weighted by molar-refractivity contribution is 0.591. The maximum absolute atomic E-state index is 11.9. The average molecular weight is 230 g/mol. The number of benzene rings is 1. The lowest BCUT2D eigenvalue weighted by atomic mass is 9.87. The van der Waals surface area contributed by atoms with Gasteiger partial charge in [-0.25, -0.2) is 4.79 Å². The molecular formula is C14H18N2O. The van der Waals surface area contributed by atoms with E-state index in [0.29, 0.717) is 6.04 Å². The van der Waals surface area contributed by atoms with Crippen LogP contribution >= 0.6 is 0 Å². The number of rotatable bonds is 1. The Balaban J connectivity index is 2.22. The summed E-state index contributed by atoms with van der Waals surface area (Å²) in [5.41, 5.74) is 3.43. The second-order valence-electron chi connectivity index (χ2n) is 6.01. The number of imidazole rings is 1. The van der Waals surface area contributed by atoms with Crippen molar-refractivity contribution < 1.29 is 0 Å². The molecule has 1 saturated carbocycles. The van der Waals surface area contributed by atoms with E-state index in [-0.39, 0.29) is 11.1 Å². The van der Waals surface area contributed by atoms with Crippen LogP contribution in [-0.4, -0.2) is 9.55 Å². The lowest BCUT2D eigenvalue weighted by Crippen LogP contribution is -2.14. The summed E-state index contributed by atoms with van der Waals surface area (Å²) in [5, 5.41) is 0. The molecule has 1 N–H and O–H groups in total. The first kappa shape index (κ1) is 10.6. The molecule has 0 unspecified atom stereocenters. The molecule has 0 atom stereocenters. The van der Waals surface area contributed by atoms with Crippen LogP contribution < -0.4 is 5.69 Å². The van der Waals surface area contributed by atoms with E-state index in [1.165, 1.54) is 5.56 Å². The van der Waals surface area contributed by atoms with Crippen LogP contribution in [0.25, 0.3) is 11.0 Å². The molecule has 0 saturated heterocycles. The molecule has 0 spiro atoms. The van der Waals surface area contributed by atoms with Crippen molar-refractivity contribution >= 4 is 11.0 Å². The first-order valence-corrected chi connectivity index (χ1v) is 6.21. The van der Waals surface area contributed by atoms with Crippen LogP contribution in [0, 0.1) is 0 Å². The van der Waals surface area contributed by atoms with Gasteiger partial charge in [0.1, 0.15) is 0 Å². The number of hydrogen-bond acceptors (Lipinski definition) is 1. The van der Waals surface area contributed by atoms with Crippen molar-refractivity contribution in [3.05, 3.63) is 34.2 Å². The maximum atomic E-state index is 11.9. The summed E-state index contributed by atoms with van der Waals surface area (Å²) in [7, 11) is 0. The maximum Gasteiger partial charge on any atom is 0.326 e. The molecule has 0 aliphatic heterocycles. The fraction of sp³-hybridized carbons (Fsp3) is 0.500. The molecule has 90 valence electrons. The Morgan fingerprint density at radius 3 is 2.59 bits per heavy atom. The number of aromatic nitrogens is 2. The Morgan fingerprint density at radius 2 is 2.00 bits per heavy atom. The minimum absolute atomic E-state index is 0.0357. The van der Waals surface area contributed by atoms with Crippen LogP contribution in [0.15, 0.2) is 23.0 Å². The summed E-state index contributed by atoms with van der Waals surface area (Å²) in [5.74, 6) is 0. The Hall–Kier alpha value is -1.51. The number of nitrogens with one attached hydrogen (secondary N) is 1. The van der Waals surface area contributed by atoms with Crippen molar-refractivity contribution in [3.8, 4) is 0 Å². The zero-order valence-corrected chi connectivity index (χ0v) is 10.6. The summed E-state index contributed by atoms with van der Waals surface area (Å²) in [6, 6.07) is 6.74. The Kier molecular flexibility index (Phi) is 2.03. The largest absolute Gasteiger partial charge is 0.326 e. The quantitative estimate of drug-likeness (QED) is 0.803. The van der Waals surface area contributed by atoms with E-state index in [0.717, 1.165) is 23.9 Å². The van der Waals surface area contributed by atoms with Crippen LogP contribution in [0.3, 0.4) is 0 Å². The molecule has 3 heteroatoms. The van der Waals surface area contributed by atoms with E-state index >= 15 is 0 Å². The lowest BCUT2D eigenvalue weighted by Gasteiger charge is -2.18. The van der Waals surface area contributed by atoms with Gasteiger partial charge in [-0.2, -0.15) is 0 Å². The predicted octanol–water partition coefficient (Wildman–Crippen LogP) is 2.96. The predicted molar refractivity (Wildman–Crippen MR) is 69.5 cm³/mol. The highest BCUT2D eigenvalue weighted by Gasteiger charge is 2.27. The molecule has 2 aromatic rings. The highest BCUT2D eigenvalue weighted by atomic mass is 16.1. The third-order valence-corrected chi connectivity index (χ3v) is 3.49. The van der Waals surface area contributed by atoms with Crippen molar-refractivity contribution in [2.45, 2.75) is 45.1 Å². The standard InChI is InChI=1S/C14H18N2O/c1-14(2,3)9-4-7-12-11(8-9)15-13(17)16(12)10-5-6-10/h4,7-8,10H,5-6H2,1-3H3,(H,15,17). The molecule has 3 rings (SSSR count). The van der Waals surface area contributed by atoms with E-state index in [1.807, 2.05) is 4.57 Å². The van der Waals surface area contributed by atoms with E-state index < -0.39 is 0 Å². The molecule has 0 radical (unpaired) electrons. The van der Waals surface area contributed by atoms with Crippen LogP contribution in [-0.2, 0) is 5.41 Å². The number of aromatic amines is 1. The number of hydrogen-bond donors (Lipinski definition) is 1. The third-order valence-electron chi connectivity index (χ3n) is 3.49.